The lowest BCUT2D eigenvalue weighted by atomic mass is 9.53. The molecule has 1 unspecified atom stereocenters. The Morgan fingerprint density at radius 2 is 2.08 bits per heavy atom. The van der Waals surface area contributed by atoms with Gasteiger partial charge < -0.3 is 19.5 Å². The maximum absolute atomic E-state index is 12.6. The predicted molar refractivity (Wildman–Crippen MR) is 89.3 cm³/mol. The topological polar surface area (TPSA) is 59.0 Å². The number of hydrogen-bond donors (Lipinski definition) is 1. The Kier molecular flexibility index (Phi) is 3.39. The van der Waals surface area contributed by atoms with Crippen LogP contribution in [-0.2, 0) is 21.4 Å². The number of methoxy groups -OCH3 is 2. The van der Waals surface area contributed by atoms with Crippen molar-refractivity contribution in [2.24, 2.45) is 5.92 Å². The molecule has 1 aliphatic heterocycles. The highest BCUT2D eigenvalue weighted by atomic mass is 16.5. The van der Waals surface area contributed by atoms with Crippen molar-refractivity contribution in [3.63, 3.8) is 0 Å². The summed E-state index contributed by atoms with van der Waals surface area (Å²) in [6, 6.07) is 4.18. The van der Waals surface area contributed by atoms with E-state index < -0.39 is 0 Å². The molecule has 3 atom stereocenters. The maximum Gasteiger partial charge on any atom is 0.197 e. The Labute approximate surface area is 141 Å². The molecule has 24 heavy (non-hydrogen) atoms. The number of allylic oxidation sites excluding steroid dienone is 1. The summed E-state index contributed by atoms with van der Waals surface area (Å²) in [7, 11) is 5.25. The van der Waals surface area contributed by atoms with Crippen molar-refractivity contribution < 1.29 is 19.4 Å². The highest BCUT2D eigenvalue weighted by Crippen LogP contribution is 2.57. The maximum atomic E-state index is 12.6. The molecule has 0 spiro atoms. The van der Waals surface area contributed by atoms with Crippen molar-refractivity contribution in [2.75, 3.05) is 27.8 Å². The van der Waals surface area contributed by atoms with Gasteiger partial charge in [0.25, 0.3) is 0 Å². The molecule has 1 fully saturated rings. The van der Waals surface area contributed by atoms with Gasteiger partial charge in [0.15, 0.2) is 23.0 Å². The number of fused-ring (bicyclic) bond motifs is 1. The van der Waals surface area contributed by atoms with Crippen molar-refractivity contribution >= 4 is 5.78 Å². The van der Waals surface area contributed by atoms with Crippen LogP contribution >= 0.6 is 0 Å². The number of Topliss-reactive ketones (excluding diaryl/α,β-unsaturated/α-hetero) is 1. The van der Waals surface area contributed by atoms with Gasteiger partial charge in [-0.25, -0.2) is 0 Å². The Bertz CT molecular complexity index is 741. The largest absolute Gasteiger partial charge is 0.504 e. The van der Waals surface area contributed by atoms with Crippen LogP contribution in [0, 0.1) is 5.92 Å². The van der Waals surface area contributed by atoms with Gasteiger partial charge in [0.1, 0.15) is 0 Å². The molecule has 0 aromatic heterocycles. The smallest absolute Gasteiger partial charge is 0.197 e. The molecule has 1 heterocycles. The molecule has 5 nitrogen and oxygen atoms in total. The first kappa shape index (κ1) is 15.5. The third kappa shape index (κ3) is 1.88. The van der Waals surface area contributed by atoms with Gasteiger partial charge in [0, 0.05) is 29.4 Å². The van der Waals surface area contributed by atoms with Gasteiger partial charge in [0.2, 0.25) is 0 Å². The fraction of sp³-hybridized carbons (Fsp3) is 0.526. The lowest BCUT2D eigenvalue weighted by Gasteiger charge is -2.56. The van der Waals surface area contributed by atoms with Crippen molar-refractivity contribution in [1.82, 2.24) is 4.90 Å². The first-order chi connectivity index (χ1) is 11.5. The number of hydrogen-bond acceptors (Lipinski definition) is 5. The number of carbonyl (C=O) groups excluding carboxylic acids is 1. The van der Waals surface area contributed by atoms with E-state index in [-0.39, 0.29) is 22.9 Å². The Morgan fingerprint density at radius 3 is 2.79 bits per heavy atom. The van der Waals surface area contributed by atoms with Crippen LogP contribution in [0.4, 0.5) is 0 Å². The molecular formula is C19H23NO4. The van der Waals surface area contributed by atoms with Gasteiger partial charge in [-0.2, -0.15) is 0 Å². The Hall–Kier alpha value is -2.01. The van der Waals surface area contributed by atoms with Crippen molar-refractivity contribution in [2.45, 2.75) is 30.7 Å². The molecule has 2 aliphatic carbocycles. The van der Waals surface area contributed by atoms with Crippen molar-refractivity contribution in [3.05, 3.63) is 35.1 Å². The summed E-state index contributed by atoms with van der Waals surface area (Å²) >= 11 is 0. The second kappa shape index (κ2) is 5.24. The monoisotopic (exact) mass is 329 g/mol. The molecule has 1 N–H and O–H groups in total. The van der Waals surface area contributed by atoms with E-state index in [1.807, 2.05) is 18.2 Å². The highest BCUT2D eigenvalue weighted by molar-refractivity contribution is 5.96. The van der Waals surface area contributed by atoms with E-state index in [0.29, 0.717) is 24.0 Å². The molecule has 1 aromatic carbocycles. The number of ketones is 1. The number of nitrogens with zero attached hydrogens (tertiary/aromatic N) is 1. The first-order valence-electron chi connectivity index (χ1n) is 8.40. The molecule has 5 heteroatoms. The molecule has 1 aromatic rings. The Morgan fingerprint density at radius 1 is 1.29 bits per heavy atom. The van der Waals surface area contributed by atoms with Gasteiger partial charge in [-0.15, -0.1) is 0 Å². The van der Waals surface area contributed by atoms with Crippen LogP contribution in [0.2, 0.25) is 0 Å². The van der Waals surface area contributed by atoms with Crippen LogP contribution in [-0.4, -0.2) is 49.6 Å². The van der Waals surface area contributed by atoms with Gasteiger partial charge in [-0.3, -0.25) is 4.79 Å². The van der Waals surface area contributed by atoms with E-state index >= 15 is 0 Å². The van der Waals surface area contributed by atoms with E-state index in [1.54, 1.807) is 14.2 Å². The molecule has 1 saturated heterocycles. The molecule has 0 saturated carbocycles. The SMILES string of the molecule is COC1=CC2[C@H]3Cc4ccc(OC)c(O)c4[C@]2(CCN3C)CC1=O. The molecule has 0 amide bonds. The van der Waals surface area contributed by atoms with Crippen LogP contribution in [0.25, 0.3) is 0 Å². The van der Waals surface area contributed by atoms with Crippen LogP contribution in [0.15, 0.2) is 24.0 Å². The van der Waals surface area contributed by atoms with E-state index in [2.05, 4.69) is 11.9 Å². The third-order valence-corrected chi connectivity index (χ3v) is 6.21. The van der Waals surface area contributed by atoms with E-state index in [0.717, 1.165) is 30.5 Å². The third-order valence-electron chi connectivity index (χ3n) is 6.21. The fourth-order valence-electron chi connectivity index (χ4n) is 5.03. The summed E-state index contributed by atoms with van der Waals surface area (Å²) in [5.41, 5.74) is 1.68. The quantitative estimate of drug-likeness (QED) is 0.899. The second-order valence-corrected chi connectivity index (χ2v) is 7.17. The number of likely N-dealkylation sites (N-methyl/N-ethyl adjacent to an activating group) is 1. The average molecular weight is 329 g/mol. The summed E-state index contributed by atoms with van der Waals surface area (Å²) in [6.07, 6.45) is 4.08. The van der Waals surface area contributed by atoms with Gasteiger partial charge in [-0.1, -0.05) is 6.07 Å². The first-order valence-corrected chi connectivity index (χ1v) is 8.40. The molecule has 3 aliphatic rings. The molecule has 4 rings (SSSR count). The zero-order chi connectivity index (χ0) is 17.1. The van der Waals surface area contributed by atoms with Crippen LogP contribution in [0.5, 0.6) is 11.5 Å². The molecule has 128 valence electrons. The number of piperidine rings is 1. The normalized spacial score (nSPS) is 31.8. The van der Waals surface area contributed by atoms with Crippen molar-refractivity contribution in [3.8, 4) is 11.5 Å². The lowest BCUT2D eigenvalue weighted by Crippen LogP contribution is -2.60. The zero-order valence-corrected chi connectivity index (χ0v) is 14.3. The van der Waals surface area contributed by atoms with Crippen LogP contribution < -0.4 is 4.74 Å². The number of benzene rings is 1. The van der Waals surface area contributed by atoms with Crippen LogP contribution in [0.1, 0.15) is 24.0 Å². The number of aromatic hydroxyl groups is 1. The number of likely N-dealkylation sites (tertiary alicyclic amines) is 1. The number of phenolic OH excluding ortho intramolecular Hbond substituents is 1. The summed E-state index contributed by atoms with van der Waals surface area (Å²) in [5.74, 6) is 1.32. The number of rotatable bonds is 2. The Balaban J connectivity index is 1.97. The summed E-state index contributed by atoms with van der Waals surface area (Å²) in [5, 5.41) is 10.9. The van der Waals surface area contributed by atoms with Crippen LogP contribution in [0.3, 0.4) is 0 Å². The van der Waals surface area contributed by atoms with Gasteiger partial charge in [-0.05, 0) is 44.1 Å². The predicted octanol–water partition coefficient (Wildman–Crippen LogP) is 2.02. The molecule has 0 radical (unpaired) electrons. The summed E-state index contributed by atoms with van der Waals surface area (Å²) < 4.78 is 10.6. The lowest BCUT2D eigenvalue weighted by molar-refractivity contribution is -0.122. The van der Waals surface area contributed by atoms with E-state index in [4.69, 9.17) is 9.47 Å². The average Bonchev–Trinajstić information content (AvgIpc) is 2.57. The minimum Gasteiger partial charge on any atom is -0.504 e. The van der Waals surface area contributed by atoms with Gasteiger partial charge in [0.05, 0.1) is 14.2 Å². The van der Waals surface area contributed by atoms with E-state index in [9.17, 15) is 9.90 Å². The number of phenols is 1. The number of ether oxygens (including phenoxy) is 2. The fourth-order valence-corrected chi connectivity index (χ4v) is 5.03. The number of carbonyl (C=O) groups is 1. The van der Waals surface area contributed by atoms with E-state index in [1.165, 1.54) is 0 Å². The van der Waals surface area contributed by atoms with Crippen molar-refractivity contribution in [1.29, 1.82) is 0 Å². The summed E-state index contributed by atoms with van der Waals surface area (Å²) in [4.78, 5) is 15.0. The minimum absolute atomic E-state index is 0.0205. The molecule has 2 bridgehead atoms. The highest BCUT2D eigenvalue weighted by Gasteiger charge is 2.56. The standard InChI is InChI=1S/C19H23NO4/c1-20-7-6-19-10-14(21)16(24-3)9-12(19)13(20)8-11-4-5-15(23-2)18(22)17(11)19/h4-5,9,12-13,22H,6-8,10H2,1-3H3/t12?,13-,19-/m1/s1. The van der Waals surface area contributed by atoms with Gasteiger partial charge >= 0.3 is 0 Å². The summed E-state index contributed by atoms with van der Waals surface area (Å²) in [6.45, 7) is 0.917. The minimum atomic E-state index is -0.359. The molecular weight excluding hydrogens is 306 g/mol. The zero-order valence-electron chi connectivity index (χ0n) is 14.3. The second-order valence-electron chi connectivity index (χ2n) is 7.17.